The fraction of sp³-hybridized carbons (Fsp3) is 0.280. The second kappa shape index (κ2) is 8.43. The average Bonchev–Trinajstić information content (AvgIpc) is 3.22. The molecule has 1 fully saturated rings. The molecule has 2 heterocycles. The second-order valence-corrected chi connectivity index (χ2v) is 9.65. The van der Waals surface area contributed by atoms with Crippen molar-refractivity contribution in [1.82, 2.24) is 14.1 Å². The Balaban J connectivity index is 1.47. The van der Waals surface area contributed by atoms with Crippen LogP contribution in [0.5, 0.6) is 0 Å². The van der Waals surface area contributed by atoms with E-state index in [-0.39, 0.29) is 17.6 Å². The lowest BCUT2D eigenvalue weighted by atomic mass is 9.69. The summed E-state index contributed by atoms with van der Waals surface area (Å²) in [5.41, 5.74) is 3.37. The molecule has 0 saturated carbocycles. The summed E-state index contributed by atoms with van der Waals surface area (Å²) in [6, 6.07) is 11.4. The minimum Gasteiger partial charge on any atom is -0.468 e. The van der Waals surface area contributed by atoms with Gasteiger partial charge in [-0.15, -0.1) is 0 Å². The van der Waals surface area contributed by atoms with Crippen LogP contribution in [0.15, 0.2) is 59.1 Å². The summed E-state index contributed by atoms with van der Waals surface area (Å²) < 4.78 is 36.6. The molecule has 8 heteroatoms. The first kappa shape index (κ1) is 21.9. The molecule has 1 aliphatic heterocycles. The van der Waals surface area contributed by atoms with E-state index >= 15 is 0 Å². The average molecular weight is 468 g/mol. The molecular weight excluding hydrogens is 444 g/mol. The number of aryl methyl sites for hydroxylation is 1. The molecule has 5 rings (SSSR count). The van der Waals surface area contributed by atoms with Crippen LogP contribution < -0.4 is 0 Å². The third-order valence-corrected chi connectivity index (χ3v) is 7.44. The van der Waals surface area contributed by atoms with Crippen molar-refractivity contribution in [3.8, 4) is 5.69 Å². The summed E-state index contributed by atoms with van der Waals surface area (Å²) in [5, 5.41) is 4.51. The van der Waals surface area contributed by atoms with E-state index in [1.165, 1.54) is 37.3 Å². The predicted molar refractivity (Wildman–Crippen MR) is 123 cm³/mol. The van der Waals surface area contributed by atoms with Crippen molar-refractivity contribution in [2.24, 2.45) is 5.41 Å². The van der Waals surface area contributed by atoms with Crippen LogP contribution in [0.2, 0.25) is 0 Å². The molecule has 0 bridgehead atoms. The number of benzene rings is 2. The number of carbonyl (C=O) groups is 1. The van der Waals surface area contributed by atoms with E-state index in [2.05, 4.69) is 9.40 Å². The minimum atomic E-state index is -0.826. The van der Waals surface area contributed by atoms with E-state index in [4.69, 9.17) is 4.74 Å². The van der Waals surface area contributed by atoms with Crippen molar-refractivity contribution < 1.29 is 18.3 Å². The fourth-order valence-corrected chi connectivity index (χ4v) is 5.68. The van der Waals surface area contributed by atoms with Gasteiger partial charge in [0, 0.05) is 18.0 Å². The molecule has 3 aromatic rings. The first-order valence-corrected chi connectivity index (χ1v) is 11.5. The Bertz CT molecular complexity index is 1260. The normalized spacial score (nSPS) is 20.1. The van der Waals surface area contributed by atoms with Crippen LogP contribution in [0.1, 0.15) is 23.2 Å². The molecule has 33 heavy (non-hydrogen) atoms. The maximum atomic E-state index is 14.0. The molecular formula is C25H23F2N3O2S. The Morgan fingerprint density at radius 1 is 1.18 bits per heavy atom. The predicted octanol–water partition coefficient (Wildman–Crippen LogP) is 4.97. The number of hydrogen-bond acceptors (Lipinski definition) is 5. The van der Waals surface area contributed by atoms with Crippen LogP contribution in [0.25, 0.3) is 11.8 Å². The number of methoxy groups -OCH3 is 1. The van der Waals surface area contributed by atoms with Gasteiger partial charge in [0.2, 0.25) is 0 Å². The van der Waals surface area contributed by atoms with Crippen molar-refractivity contribution in [1.29, 1.82) is 0 Å². The van der Waals surface area contributed by atoms with E-state index in [0.717, 1.165) is 27.4 Å². The van der Waals surface area contributed by atoms with Crippen molar-refractivity contribution in [2.75, 3.05) is 20.2 Å². The Hall–Kier alpha value is -2.97. The molecule has 1 aliphatic carbocycles. The van der Waals surface area contributed by atoms with Crippen LogP contribution in [-0.4, -0.2) is 40.3 Å². The Labute approximate surface area is 195 Å². The molecule has 2 aromatic carbocycles. The molecule has 2 aliphatic rings. The number of hydrogen-bond donors (Lipinski definition) is 0. The number of piperidine rings is 1. The van der Waals surface area contributed by atoms with Crippen LogP contribution >= 0.6 is 11.9 Å². The number of rotatable bonds is 4. The van der Waals surface area contributed by atoms with Crippen molar-refractivity contribution in [2.45, 2.75) is 24.7 Å². The van der Waals surface area contributed by atoms with E-state index in [1.54, 1.807) is 36.0 Å². The molecule has 0 N–H and O–H groups in total. The summed E-state index contributed by atoms with van der Waals surface area (Å²) in [5.74, 6) is -0.828. The van der Waals surface area contributed by atoms with E-state index in [9.17, 15) is 13.6 Å². The zero-order valence-electron chi connectivity index (χ0n) is 18.3. The highest BCUT2D eigenvalue weighted by Crippen LogP contribution is 2.47. The van der Waals surface area contributed by atoms with Gasteiger partial charge in [-0.2, -0.15) is 5.10 Å². The van der Waals surface area contributed by atoms with Gasteiger partial charge in [-0.25, -0.2) is 17.8 Å². The quantitative estimate of drug-likeness (QED) is 0.401. The number of carbonyl (C=O) groups excluding carboxylic acids is 1. The van der Waals surface area contributed by atoms with Crippen LogP contribution in [-0.2, 0) is 16.0 Å². The summed E-state index contributed by atoms with van der Waals surface area (Å²) in [6.07, 6.45) is 4.92. The summed E-state index contributed by atoms with van der Waals surface area (Å²) in [7, 11) is 1.41. The first-order valence-electron chi connectivity index (χ1n) is 10.7. The van der Waals surface area contributed by atoms with Gasteiger partial charge in [0.15, 0.2) is 0 Å². The molecule has 1 aromatic heterocycles. The van der Waals surface area contributed by atoms with E-state index in [1.807, 2.05) is 12.1 Å². The number of fused-ring (bicyclic) bond motifs is 2. The lowest BCUT2D eigenvalue weighted by molar-refractivity contribution is -0.151. The topological polar surface area (TPSA) is 47.4 Å². The number of halogens is 2. The van der Waals surface area contributed by atoms with Crippen LogP contribution in [0.4, 0.5) is 8.78 Å². The van der Waals surface area contributed by atoms with E-state index in [0.29, 0.717) is 31.5 Å². The fourth-order valence-electron chi connectivity index (χ4n) is 4.63. The third kappa shape index (κ3) is 3.87. The lowest BCUT2D eigenvalue weighted by Crippen LogP contribution is -2.50. The maximum Gasteiger partial charge on any atom is 0.317 e. The number of nitrogens with zero attached hydrogens (tertiary/aromatic N) is 3. The first-order chi connectivity index (χ1) is 15.9. The monoisotopic (exact) mass is 467 g/mol. The van der Waals surface area contributed by atoms with Gasteiger partial charge >= 0.3 is 5.97 Å². The zero-order valence-corrected chi connectivity index (χ0v) is 19.2. The largest absolute Gasteiger partial charge is 0.468 e. The molecule has 1 saturated heterocycles. The van der Waals surface area contributed by atoms with Crippen molar-refractivity contribution in [3.05, 3.63) is 82.7 Å². The second-order valence-electron chi connectivity index (χ2n) is 8.48. The van der Waals surface area contributed by atoms with Crippen molar-refractivity contribution >= 4 is 24.0 Å². The molecule has 0 radical (unpaired) electrons. The molecule has 1 atom stereocenters. The van der Waals surface area contributed by atoms with Gasteiger partial charge in [0.1, 0.15) is 17.0 Å². The lowest BCUT2D eigenvalue weighted by Gasteiger charge is -2.43. The number of aromatic nitrogens is 2. The smallest absolute Gasteiger partial charge is 0.317 e. The summed E-state index contributed by atoms with van der Waals surface area (Å²) in [6.45, 7) is 2.90. The Kier molecular flexibility index (Phi) is 5.58. The molecule has 170 valence electrons. The third-order valence-electron chi connectivity index (χ3n) is 6.41. The summed E-state index contributed by atoms with van der Waals surface area (Å²) >= 11 is 1.46. The van der Waals surface area contributed by atoms with Gasteiger partial charge in [-0.3, -0.25) is 4.79 Å². The van der Waals surface area contributed by atoms with E-state index < -0.39 is 5.41 Å². The highest BCUT2D eigenvalue weighted by atomic mass is 32.2. The Morgan fingerprint density at radius 2 is 1.97 bits per heavy atom. The molecule has 0 spiro atoms. The van der Waals surface area contributed by atoms with Gasteiger partial charge in [0.25, 0.3) is 0 Å². The zero-order chi connectivity index (χ0) is 23.2. The van der Waals surface area contributed by atoms with Gasteiger partial charge in [0.05, 0.1) is 24.7 Å². The Morgan fingerprint density at radius 3 is 2.70 bits per heavy atom. The van der Waals surface area contributed by atoms with Crippen LogP contribution in [0, 0.1) is 24.0 Å². The van der Waals surface area contributed by atoms with Gasteiger partial charge in [-0.1, -0.05) is 6.07 Å². The maximum absolute atomic E-state index is 14.0. The SMILES string of the molecule is COC(=O)C12Cc3cnn(-c4ccc(F)cc4)c3C=C1CCN(Sc1ccc(C)c(F)c1)C2. The standard InChI is InChI=1S/C25H23F2N3O2S/c1-16-3-8-21(12-22(16)27)33-29-10-9-18-11-23-17(13-25(18,15-29)24(31)32-2)14-28-30(23)20-6-4-19(26)5-7-20/h3-8,11-12,14H,9-10,13,15H2,1-2H3. The van der Waals surface area contributed by atoms with Crippen LogP contribution in [0.3, 0.4) is 0 Å². The van der Waals surface area contributed by atoms with Gasteiger partial charge in [-0.05, 0) is 90.9 Å². The van der Waals surface area contributed by atoms with Crippen molar-refractivity contribution in [3.63, 3.8) is 0 Å². The highest BCUT2D eigenvalue weighted by Gasteiger charge is 2.49. The van der Waals surface area contributed by atoms with Gasteiger partial charge < -0.3 is 4.74 Å². The molecule has 0 amide bonds. The molecule has 1 unspecified atom stereocenters. The minimum absolute atomic E-state index is 0.240. The number of esters is 1. The molecule has 5 nitrogen and oxygen atoms in total. The highest BCUT2D eigenvalue weighted by molar-refractivity contribution is 7.97. The number of ether oxygens (including phenoxy) is 1. The summed E-state index contributed by atoms with van der Waals surface area (Å²) in [4.78, 5) is 13.9.